The van der Waals surface area contributed by atoms with Gasteiger partial charge >= 0.3 is 0 Å². The zero-order chi connectivity index (χ0) is 19.8. The van der Waals surface area contributed by atoms with Crippen LogP contribution in [0.4, 0.5) is 10.1 Å². The number of halogens is 2. The average molecular weight is 414 g/mol. The highest BCUT2D eigenvalue weighted by atomic mass is 35.5. The van der Waals surface area contributed by atoms with Gasteiger partial charge in [0.15, 0.2) is 0 Å². The van der Waals surface area contributed by atoms with Gasteiger partial charge in [0.1, 0.15) is 16.4 Å². The first kappa shape index (κ1) is 19.9. The summed E-state index contributed by atoms with van der Waals surface area (Å²) in [6.45, 7) is 2.99. The van der Waals surface area contributed by atoms with Crippen LogP contribution in [0, 0.1) is 11.7 Å². The topological polar surface area (TPSA) is 71.4 Å². The summed E-state index contributed by atoms with van der Waals surface area (Å²) < 4.78 is 41.9. The number of anilines is 1. The summed E-state index contributed by atoms with van der Waals surface area (Å²) in [4.78, 5) is 12.6. The number of carbonyl (C=O) groups excluding carboxylic acids is 1. The number of rotatable bonds is 4. The number of carbonyl (C=O) groups is 1. The molecule has 0 radical (unpaired) electrons. The fourth-order valence-corrected chi connectivity index (χ4v) is 5.03. The van der Waals surface area contributed by atoms with Crippen molar-refractivity contribution in [2.24, 2.45) is 13.0 Å². The van der Waals surface area contributed by atoms with Gasteiger partial charge in [-0.2, -0.15) is 4.31 Å². The van der Waals surface area contributed by atoms with Crippen molar-refractivity contribution in [2.45, 2.75) is 24.7 Å². The van der Waals surface area contributed by atoms with Crippen LogP contribution in [-0.2, 0) is 17.1 Å². The van der Waals surface area contributed by atoms with E-state index in [4.69, 9.17) is 11.6 Å². The third-order valence-corrected chi connectivity index (χ3v) is 6.77. The number of aryl methyl sites for hydroxylation is 1. The molecular weight excluding hydrogens is 393 g/mol. The number of hydrogen-bond donors (Lipinski definition) is 1. The number of benzene rings is 1. The molecule has 1 aliphatic rings. The fourth-order valence-electron chi connectivity index (χ4n) is 3.18. The molecule has 0 spiro atoms. The molecule has 1 fully saturated rings. The van der Waals surface area contributed by atoms with Crippen LogP contribution in [0.1, 0.15) is 30.3 Å². The van der Waals surface area contributed by atoms with Crippen LogP contribution in [0.3, 0.4) is 0 Å². The van der Waals surface area contributed by atoms with E-state index in [0.29, 0.717) is 24.7 Å². The van der Waals surface area contributed by atoms with E-state index < -0.39 is 21.7 Å². The Balaban J connectivity index is 1.83. The Labute approximate surface area is 163 Å². The Kier molecular flexibility index (Phi) is 5.60. The molecule has 0 aliphatic carbocycles. The second-order valence-electron chi connectivity index (χ2n) is 6.87. The second kappa shape index (κ2) is 7.61. The molecule has 1 aromatic heterocycles. The molecule has 27 heavy (non-hydrogen) atoms. The van der Waals surface area contributed by atoms with Crippen molar-refractivity contribution < 1.29 is 17.6 Å². The minimum absolute atomic E-state index is 0.0846. The Hall–Kier alpha value is -1.90. The molecule has 3 rings (SSSR count). The van der Waals surface area contributed by atoms with Gasteiger partial charge in [-0.05, 0) is 43.0 Å². The molecule has 146 valence electrons. The lowest BCUT2D eigenvalue weighted by atomic mass is 10.0. The first-order chi connectivity index (χ1) is 12.7. The van der Waals surface area contributed by atoms with Gasteiger partial charge in [-0.25, -0.2) is 12.8 Å². The molecule has 1 aliphatic heterocycles. The number of nitrogens with one attached hydrogen (secondary N) is 1. The van der Waals surface area contributed by atoms with Crippen LogP contribution >= 0.6 is 11.6 Å². The first-order valence-electron chi connectivity index (χ1n) is 8.61. The summed E-state index contributed by atoms with van der Waals surface area (Å²) in [5.41, 5.74) is 0.501. The highest BCUT2D eigenvalue weighted by Crippen LogP contribution is 2.25. The standard InChI is InChI=1S/C18H21ClFN3O3S/c1-12-4-3-7-23(10-12)27(25,26)14-9-17(22(2)11-14)18(24)21-13-5-6-16(20)15(19)8-13/h5-6,8-9,11-12H,3-4,7,10H2,1-2H3,(H,21,24)/t12-/m1/s1. The van der Waals surface area contributed by atoms with Crippen LogP contribution in [0.2, 0.25) is 5.02 Å². The van der Waals surface area contributed by atoms with E-state index in [9.17, 15) is 17.6 Å². The number of nitrogens with zero attached hydrogens (tertiary/aromatic N) is 2. The Morgan fingerprint density at radius 2 is 2.07 bits per heavy atom. The molecular formula is C18H21ClFN3O3S. The van der Waals surface area contributed by atoms with E-state index in [2.05, 4.69) is 5.32 Å². The molecule has 0 saturated carbocycles. The number of sulfonamides is 1. The van der Waals surface area contributed by atoms with Crippen molar-refractivity contribution in [1.29, 1.82) is 0 Å². The number of aromatic nitrogens is 1. The summed E-state index contributed by atoms with van der Waals surface area (Å²) in [6, 6.07) is 5.19. The van der Waals surface area contributed by atoms with Gasteiger partial charge in [-0.1, -0.05) is 18.5 Å². The lowest BCUT2D eigenvalue weighted by molar-refractivity contribution is 0.101. The van der Waals surface area contributed by atoms with Crippen molar-refractivity contribution >= 4 is 33.2 Å². The van der Waals surface area contributed by atoms with Gasteiger partial charge in [-0.3, -0.25) is 4.79 Å². The smallest absolute Gasteiger partial charge is 0.272 e. The minimum Gasteiger partial charge on any atom is -0.345 e. The minimum atomic E-state index is -3.65. The van der Waals surface area contributed by atoms with Gasteiger partial charge < -0.3 is 9.88 Å². The third kappa shape index (κ3) is 4.17. The van der Waals surface area contributed by atoms with Gasteiger partial charge in [0.2, 0.25) is 10.0 Å². The first-order valence-corrected chi connectivity index (χ1v) is 10.4. The second-order valence-corrected chi connectivity index (χ2v) is 9.21. The molecule has 1 saturated heterocycles. The number of amides is 1. The highest BCUT2D eigenvalue weighted by molar-refractivity contribution is 7.89. The summed E-state index contributed by atoms with van der Waals surface area (Å²) in [5.74, 6) is -0.783. The average Bonchev–Trinajstić information content (AvgIpc) is 3.01. The van der Waals surface area contributed by atoms with Gasteiger partial charge in [0, 0.05) is 32.0 Å². The Morgan fingerprint density at radius 3 is 2.74 bits per heavy atom. The maximum atomic E-state index is 13.2. The highest BCUT2D eigenvalue weighted by Gasteiger charge is 2.30. The van der Waals surface area contributed by atoms with E-state index in [1.54, 1.807) is 7.05 Å². The van der Waals surface area contributed by atoms with E-state index in [0.717, 1.165) is 18.9 Å². The fraction of sp³-hybridized carbons (Fsp3) is 0.389. The summed E-state index contributed by atoms with van der Waals surface area (Å²) in [5, 5.41) is 2.49. The van der Waals surface area contributed by atoms with Crippen molar-refractivity contribution in [3.05, 3.63) is 47.0 Å². The monoisotopic (exact) mass is 413 g/mol. The normalized spacial score (nSPS) is 18.4. The lowest BCUT2D eigenvalue weighted by Crippen LogP contribution is -2.38. The summed E-state index contributed by atoms with van der Waals surface area (Å²) >= 11 is 5.72. The SMILES string of the molecule is C[C@@H]1CCCN(S(=O)(=O)c2cc(C(=O)Nc3ccc(F)c(Cl)c3)n(C)c2)C1. The zero-order valence-electron chi connectivity index (χ0n) is 15.1. The molecule has 9 heteroatoms. The molecule has 1 atom stereocenters. The molecule has 2 heterocycles. The molecule has 1 amide bonds. The van der Waals surface area contributed by atoms with Crippen molar-refractivity contribution in [1.82, 2.24) is 8.87 Å². The quantitative estimate of drug-likeness (QED) is 0.833. The number of piperidine rings is 1. The summed E-state index contributed by atoms with van der Waals surface area (Å²) in [7, 11) is -2.05. The molecule has 1 aromatic carbocycles. The van der Waals surface area contributed by atoms with Crippen LogP contribution in [0.5, 0.6) is 0 Å². The molecule has 0 unspecified atom stereocenters. The van der Waals surface area contributed by atoms with E-state index in [-0.39, 0.29) is 15.6 Å². The zero-order valence-corrected chi connectivity index (χ0v) is 16.6. The van der Waals surface area contributed by atoms with Crippen molar-refractivity contribution in [2.75, 3.05) is 18.4 Å². The Morgan fingerprint density at radius 1 is 1.33 bits per heavy atom. The van der Waals surface area contributed by atoms with Crippen molar-refractivity contribution in [3.8, 4) is 0 Å². The molecule has 2 aromatic rings. The maximum Gasteiger partial charge on any atom is 0.272 e. The predicted octanol–water partition coefficient (Wildman–Crippen LogP) is 3.49. The van der Waals surface area contributed by atoms with Crippen LogP contribution < -0.4 is 5.32 Å². The summed E-state index contributed by atoms with van der Waals surface area (Å²) in [6.07, 6.45) is 3.27. The maximum absolute atomic E-state index is 13.2. The molecule has 6 nitrogen and oxygen atoms in total. The predicted molar refractivity (Wildman–Crippen MR) is 102 cm³/mol. The number of hydrogen-bond acceptors (Lipinski definition) is 3. The van der Waals surface area contributed by atoms with E-state index in [1.807, 2.05) is 6.92 Å². The van der Waals surface area contributed by atoms with Gasteiger partial charge in [0.05, 0.1) is 5.02 Å². The Bertz CT molecular complexity index is 974. The molecule has 1 N–H and O–H groups in total. The van der Waals surface area contributed by atoms with Crippen LogP contribution in [0.25, 0.3) is 0 Å². The van der Waals surface area contributed by atoms with Crippen LogP contribution in [-0.4, -0.2) is 36.3 Å². The van der Waals surface area contributed by atoms with E-state index >= 15 is 0 Å². The van der Waals surface area contributed by atoms with Crippen LogP contribution in [0.15, 0.2) is 35.4 Å². The molecule has 0 bridgehead atoms. The van der Waals surface area contributed by atoms with Gasteiger partial charge in [0.25, 0.3) is 5.91 Å². The third-order valence-electron chi connectivity index (χ3n) is 4.65. The largest absolute Gasteiger partial charge is 0.345 e. The van der Waals surface area contributed by atoms with E-state index in [1.165, 1.54) is 33.3 Å². The van der Waals surface area contributed by atoms with Gasteiger partial charge in [-0.15, -0.1) is 0 Å². The lowest BCUT2D eigenvalue weighted by Gasteiger charge is -2.29. The van der Waals surface area contributed by atoms with Crippen molar-refractivity contribution in [3.63, 3.8) is 0 Å².